The van der Waals surface area contributed by atoms with Gasteiger partial charge in [0.25, 0.3) is 0 Å². The number of anilines is 1. The third-order valence-corrected chi connectivity index (χ3v) is 8.49. The number of likely N-dealkylation sites (tertiary alicyclic amines) is 1. The quantitative estimate of drug-likeness (QED) is 0.123. The third kappa shape index (κ3) is 7.74. The number of carbonyl (C=O) groups excluding carboxylic acids is 1. The lowest BCUT2D eigenvalue weighted by Crippen LogP contribution is -2.48. The average molecular weight is 788 g/mol. The van der Waals surface area contributed by atoms with E-state index in [0.29, 0.717) is 17.9 Å². The number of aromatic nitrogens is 1. The predicted octanol–water partition coefficient (Wildman–Crippen LogP) is 7.15. The molecule has 1 unspecified atom stereocenters. The van der Waals surface area contributed by atoms with Crippen LogP contribution in [-0.4, -0.2) is 49.3 Å². The first kappa shape index (κ1) is 32.6. The molecule has 0 aliphatic carbocycles. The van der Waals surface area contributed by atoms with Crippen LogP contribution in [0, 0.1) is 3.57 Å². The van der Waals surface area contributed by atoms with Gasteiger partial charge in [-0.15, -0.1) is 24.8 Å². The van der Waals surface area contributed by atoms with Crippen LogP contribution in [0.3, 0.4) is 0 Å². The number of alkyl halides is 1. The van der Waals surface area contributed by atoms with E-state index in [1.54, 1.807) is 23.2 Å². The van der Waals surface area contributed by atoms with E-state index >= 15 is 0 Å². The Kier molecular flexibility index (Phi) is 11.7. The predicted molar refractivity (Wildman–Crippen MR) is 170 cm³/mol. The molecular formula is C26H29Cl2I2N3O5. The molecule has 38 heavy (non-hydrogen) atoms. The second kappa shape index (κ2) is 13.6. The first-order chi connectivity index (χ1) is 17.0. The van der Waals surface area contributed by atoms with E-state index in [9.17, 15) is 9.59 Å². The van der Waals surface area contributed by atoms with Crippen molar-refractivity contribution >= 4 is 105 Å². The molecule has 0 radical (unpaired) electrons. The lowest BCUT2D eigenvalue weighted by molar-refractivity contribution is -0.131. The Hall–Kier alpha value is -1.61. The summed E-state index contributed by atoms with van der Waals surface area (Å²) >= 11 is 4.72. The van der Waals surface area contributed by atoms with Gasteiger partial charge < -0.3 is 14.3 Å². The van der Waals surface area contributed by atoms with Crippen LogP contribution in [0.15, 0.2) is 53.1 Å². The van der Waals surface area contributed by atoms with Gasteiger partial charge in [0.15, 0.2) is 0 Å². The molecule has 8 nitrogen and oxygen atoms in total. The second-order valence-corrected chi connectivity index (χ2v) is 11.9. The minimum atomic E-state index is -1.03. The van der Waals surface area contributed by atoms with Crippen LogP contribution in [0.2, 0.25) is 0 Å². The summed E-state index contributed by atoms with van der Waals surface area (Å²) in [6, 6.07) is 11.3. The molecule has 0 spiro atoms. The molecule has 3 aromatic rings. The highest BCUT2D eigenvalue weighted by atomic mass is 127. The fourth-order valence-corrected chi connectivity index (χ4v) is 5.97. The van der Waals surface area contributed by atoms with Crippen molar-refractivity contribution in [1.82, 2.24) is 9.88 Å². The standard InChI is InChI=1S/C26H27I2N3O5.2ClH/c1-26(2,3)36-25(34)31(21-10-8-16(14-29-21)9-11-22(32)33)18-12-13-30(24(18)28)15-20-23(27)17-6-4-5-7-19(17)35-20;;/h4-11,14,18,24H,12-13,15H2,1-3H3,(H,32,33);2*1H/t18-,24?;;/m1../s1. The molecule has 206 valence electrons. The number of hydrogen-bond donors (Lipinski definition) is 1. The molecule has 0 bridgehead atoms. The molecule has 1 aliphatic heterocycles. The molecule has 1 amide bonds. The number of pyridine rings is 1. The van der Waals surface area contributed by atoms with Crippen LogP contribution < -0.4 is 4.90 Å². The van der Waals surface area contributed by atoms with E-state index in [2.05, 4.69) is 61.1 Å². The molecule has 2 atom stereocenters. The number of hydrogen-bond acceptors (Lipinski definition) is 6. The highest BCUT2D eigenvalue weighted by molar-refractivity contribution is 14.1. The van der Waals surface area contributed by atoms with Crippen molar-refractivity contribution in [3.63, 3.8) is 0 Å². The van der Waals surface area contributed by atoms with Gasteiger partial charge in [0.2, 0.25) is 0 Å². The number of carbonyl (C=O) groups is 2. The van der Waals surface area contributed by atoms with Crippen molar-refractivity contribution in [3.8, 4) is 0 Å². The lowest BCUT2D eigenvalue weighted by Gasteiger charge is -2.33. The Morgan fingerprint density at radius 1 is 1.24 bits per heavy atom. The van der Waals surface area contributed by atoms with Gasteiger partial charge in [-0.1, -0.05) is 40.8 Å². The van der Waals surface area contributed by atoms with Crippen LogP contribution in [0.1, 0.15) is 38.5 Å². The van der Waals surface area contributed by atoms with Gasteiger partial charge in [0, 0.05) is 24.2 Å². The Morgan fingerprint density at radius 3 is 2.55 bits per heavy atom. The molecule has 1 fully saturated rings. The van der Waals surface area contributed by atoms with E-state index in [1.165, 1.54) is 6.08 Å². The molecule has 12 heteroatoms. The zero-order valence-electron chi connectivity index (χ0n) is 21.0. The van der Waals surface area contributed by atoms with E-state index in [4.69, 9.17) is 14.3 Å². The summed E-state index contributed by atoms with van der Waals surface area (Å²) in [4.78, 5) is 32.6. The number of halogens is 4. The fraction of sp³-hybridized carbons (Fsp3) is 0.346. The number of amides is 1. The van der Waals surface area contributed by atoms with Crippen molar-refractivity contribution in [1.29, 1.82) is 0 Å². The molecule has 4 rings (SSSR count). The summed E-state index contributed by atoms with van der Waals surface area (Å²) in [6.45, 7) is 6.92. The number of benzene rings is 1. The molecule has 0 saturated carbocycles. The van der Waals surface area contributed by atoms with Crippen LogP contribution in [0.5, 0.6) is 0 Å². The summed E-state index contributed by atoms with van der Waals surface area (Å²) in [5.74, 6) is 0.339. The number of furan rings is 1. The number of ether oxygens (including phenoxy) is 1. The van der Waals surface area contributed by atoms with Gasteiger partial charge in [-0.2, -0.15) is 0 Å². The summed E-state index contributed by atoms with van der Waals surface area (Å²) < 4.78 is 13.0. The van der Waals surface area contributed by atoms with Crippen LogP contribution in [0.4, 0.5) is 10.6 Å². The minimum absolute atomic E-state index is 0. The summed E-state index contributed by atoms with van der Waals surface area (Å²) in [7, 11) is 0. The normalized spacial score (nSPS) is 17.7. The molecule has 1 saturated heterocycles. The summed E-state index contributed by atoms with van der Waals surface area (Å²) in [5, 5.41) is 9.97. The topological polar surface area (TPSA) is 96.1 Å². The Morgan fingerprint density at radius 2 is 1.95 bits per heavy atom. The van der Waals surface area contributed by atoms with Gasteiger partial charge in [-0.05, 0) is 79.6 Å². The second-order valence-electron chi connectivity index (χ2n) is 9.51. The molecule has 1 aliphatic rings. The SMILES string of the molecule is CC(C)(C)OC(=O)N(c1ccc(C=CC(=O)O)cn1)[C@@H]1CCN(Cc2oc3ccccc3c2I)C1I.Cl.Cl. The van der Waals surface area contributed by atoms with Crippen molar-refractivity contribution in [2.24, 2.45) is 0 Å². The highest BCUT2D eigenvalue weighted by Gasteiger charge is 2.41. The van der Waals surface area contributed by atoms with Crippen LogP contribution in [0.25, 0.3) is 17.0 Å². The molecule has 1 N–H and O–H groups in total. The first-order valence-corrected chi connectivity index (χ1v) is 13.8. The number of carboxylic acid groups (broad SMARTS) is 1. The maximum Gasteiger partial charge on any atom is 0.416 e. The number of carboxylic acids is 1. The maximum atomic E-state index is 13.4. The molecule has 1 aromatic carbocycles. The first-order valence-electron chi connectivity index (χ1n) is 11.5. The lowest BCUT2D eigenvalue weighted by atomic mass is 10.2. The summed E-state index contributed by atoms with van der Waals surface area (Å²) in [5.41, 5.74) is 0.834. The van der Waals surface area contributed by atoms with Crippen LogP contribution in [-0.2, 0) is 16.1 Å². The number of fused-ring (bicyclic) bond motifs is 1. The van der Waals surface area contributed by atoms with Crippen molar-refractivity contribution < 1.29 is 23.8 Å². The zero-order chi connectivity index (χ0) is 26.0. The van der Waals surface area contributed by atoms with E-state index in [0.717, 1.165) is 39.3 Å². The fourth-order valence-electron chi connectivity index (χ4n) is 4.09. The Labute approximate surface area is 261 Å². The smallest absolute Gasteiger partial charge is 0.416 e. The van der Waals surface area contributed by atoms with Gasteiger partial charge in [0.05, 0.1) is 20.2 Å². The van der Waals surface area contributed by atoms with Crippen molar-refractivity contribution in [3.05, 3.63) is 63.6 Å². The molecular weight excluding hydrogens is 759 g/mol. The molecule has 3 heterocycles. The number of para-hydroxylation sites is 1. The largest absolute Gasteiger partial charge is 0.478 e. The zero-order valence-corrected chi connectivity index (χ0v) is 26.9. The minimum Gasteiger partial charge on any atom is -0.478 e. The number of aliphatic carboxylic acids is 1. The van der Waals surface area contributed by atoms with E-state index < -0.39 is 17.7 Å². The molecule has 2 aromatic heterocycles. The van der Waals surface area contributed by atoms with Gasteiger partial charge in [-0.25, -0.2) is 14.6 Å². The van der Waals surface area contributed by atoms with E-state index in [-0.39, 0.29) is 34.9 Å². The Bertz CT molecular complexity index is 1290. The Balaban J connectivity index is 0.00000253. The monoisotopic (exact) mass is 787 g/mol. The number of nitrogens with zero attached hydrogens (tertiary/aromatic N) is 3. The van der Waals surface area contributed by atoms with E-state index in [1.807, 2.05) is 39.0 Å². The van der Waals surface area contributed by atoms with Gasteiger partial charge in [-0.3, -0.25) is 9.80 Å². The maximum absolute atomic E-state index is 13.4. The van der Waals surface area contributed by atoms with Gasteiger partial charge >= 0.3 is 12.1 Å². The highest BCUT2D eigenvalue weighted by Crippen LogP contribution is 2.35. The van der Waals surface area contributed by atoms with Crippen molar-refractivity contribution in [2.75, 3.05) is 11.4 Å². The van der Waals surface area contributed by atoms with Crippen LogP contribution >= 0.6 is 70.0 Å². The van der Waals surface area contributed by atoms with Gasteiger partial charge in [0.1, 0.15) is 22.8 Å². The number of rotatable bonds is 6. The van der Waals surface area contributed by atoms with Crippen molar-refractivity contribution in [2.45, 2.75) is 49.4 Å². The average Bonchev–Trinajstić information content (AvgIpc) is 3.32. The summed E-state index contributed by atoms with van der Waals surface area (Å²) in [6.07, 6.45) is 4.35. The third-order valence-electron chi connectivity index (χ3n) is 5.68.